The van der Waals surface area contributed by atoms with E-state index in [4.69, 9.17) is 5.73 Å². The zero-order chi connectivity index (χ0) is 13.1. The first-order valence-electron chi connectivity index (χ1n) is 6.44. The van der Waals surface area contributed by atoms with E-state index < -0.39 is 0 Å². The summed E-state index contributed by atoms with van der Waals surface area (Å²) in [5.74, 6) is 1.35. The van der Waals surface area contributed by atoms with Crippen molar-refractivity contribution < 1.29 is 0 Å². The monoisotopic (exact) mass is 264 g/mol. The van der Waals surface area contributed by atoms with Crippen molar-refractivity contribution in [2.45, 2.75) is 33.6 Å². The predicted molar refractivity (Wildman–Crippen MR) is 79.4 cm³/mol. The summed E-state index contributed by atoms with van der Waals surface area (Å²) in [6, 6.07) is 2.16. The van der Waals surface area contributed by atoms with Crippen molar-refractivity contribution in [3.63, 3.8) is 0 Å². The molecule has 0 fully saturated rings. The number of hydrogen-bond donors (Lipinski definition) is 1. The highest BCUT2D eigenvalue weighted by molar-refractivity contribution is 7.18. The van der Waals surface area contributed by atoms with E-state index in [1.807, 2.05) is 0 Å². The molecule has 0 unspecified atom stereocenters. The Bertz CT molecular complexity index is 535. The fourth-order valence-corrected chi connectivity index (χ4v) is 2.93. The van der Waals surface area contributed by atoms with Crippen LogP contribution >= 0.6 is 11.3 Å². The quantitative estimate of drug-likeness (QED) is 0.901. The molecule has 0 amide bonds. The molecule has 0 bridgehead atoms. The maximum Gasteiger partial charge on any atom is 0.223 e. The van der Waals surface area contributed by atoms with E-state index in [1.54, 1.807) is 11.3 Å². The van der Waals surface area contributed by atoms with Gasteiger partial charge < -0.3 is 10.6 Å². The number of fused-ring (bicyclic) bond motifs is 1. The van der Waals surface area contributed by atoms with E-state index in [2.05, 4.69) is 41.7 Å². The third kappa shape index (κ3) is 2.56. The highest BCUT2D eigenvalue weighted by atomic mass is 32.1. The minimum absolute atomic E-state index is 0.370. The van der Waals surface area contributed by atoms with Crippen molar-refractivity contribution in [2.75, 3.05) is 23.7 Å². The van der Waals surface area contributed by atoms with E-state index in [1.165, 1.54) is 17.7 Å². The van der Waals surface area contributed by atoms with Gasteiger partial charge in [-0.15, -0.1) is 11.3 Å². The first-order valence-corrected chi connectivity index (χ1v) is 7.26. The number of hydrogen-bond acceptors (Lipinski definition) is 5. The van der Waals surface area contributed by atoms with Gasteiger partial charge in [0, 0.05) is 18.0 Å². The number of aryl methyl sites for hydroxylation is 1. The topological polar surface area (TPSA) is 55.0 Å². The van der Waals surface area contributed by atoms with Gasteiger partial charge in [-0.3, -0.25) is 0 Å². The molecule has 0 aliphatic rings. The molecular formula is C13H20N4S. The number of aromatic nitrogens is 2. The van der Waals surface area contributed by atoms with Crippen LogP contribution in [0.1, 0.15) is 31.6 Å². The van der Waals surface area contributed by atoms with Crippen LogP contribution in [0.4, 0.5) is 11.8 Å². The number of unbranched alkanes of at least 4 members (excludes halogenated alkanes) is 1. The number of thiophene rings is 1. The zero-order valence-corrected chi connectivity index (χ0v) is 12.0. The first-order chi connectivity index (χ1) is 8.65. The molecule has 0 aliphatic carbocycles. The highest BCUT2D eigenvalue weighted by Crippen LogP contribution is 2.31. The Labute approximate surface area is 112 Å². The van der Waals surface area contributed by atoms with Crippen LogP contribution in [0.2, 0.25) is 0 Å². The van der Waals surface area contributed by atoms with Gasteiger partial charge in [0.05, 0.1) is 5.39 Å². The van der Waals surface area contributed by atoms with Crippen molar-refractivity contribution in [3.8, 4) is 0 Å². The molecule has 0 saturated carbocycles. The van der Waals surface area contributed by atoms with Crippen LogP contribution in [0.15, 0.2) is 6.07 Å². The summed E-state index contributed by atoms with van der Waals surface area (Å²) in [5.41, 5.74) is 5.81. The molecule has 2 aromatic rings. The summed E-state index contributed by atoms with van der Waals surface area (Å²) in [6.07, 6.45) is 2.35. The van der Waals surface area contributed by atoms with Crippen LogP contribution in [0.5, 0.6) is 0 Å². The Morgan fingerprint density at radius 1 is 1.33 bits per heavy atom. The van der Waals surface area contributed by atoms with Gasteiger partial charge in [0.2, 0.25) is 5.95 Å². The smallest absolute Gasteiger partial charge is 0.223 e. The van der Waals surface area contributed by atoms with Gasteiger partial charge in [0.25, 0.3) is 0 Å². The maximum atomic E-state index is 5.81. The lowest BCUT2D eigenvalue weighted by molar-refractivity contribution is 0.726. The normalized spacial score (nSPS) is 11.1. The number of rotatable bonds is 5. The molecule has 2 aromatic heterocycles. The molecular weight excluding hydrogens is 244 g/mol. The van der Waals surface area contributed by atoms with Gasteiger partial charge >= 0.3 is 0 Å². The van der Waals surface area contributed by atoms with Gasteiger partial charge in [-0.25, -0.2) is 4.98 Å². The van der Waals surface area contributed by atoms with E-state index in [0.717, 1.165) is 29.1 Å². The second-order valence-electron chi connectivity index (χ2n) is 4.41. The second-order valence-corrected chi connectivity index (χ2v) is 5.65. The van der Waals surface area contributed by atoms with E-state index in [9.17, 15) is 0 Å². The molecule has 18 heavy (non-hydrogen) atoms. The Morgan fingerprint density at radius 3 is 2.78 bits per heavy atom. The summed E-state index contributed by atoms with van der Waals surface area (Å²) in [6.45, 7) is 8.41. The van der Waals surface area contributed by atoms with E-state index >= 15 is 0 Å². The van der Waals surface area contributed by atoms with Crippen molar-refractivity contribution >= 4 is 33.3 Å². The van der Waals surface area contributed by atoms with Gasteiger partial charge in [0.1, 0.15) is 10.6 Å². The Kier molecular flexibility index (Phi) is 4.01. The van der Waals surface area contributed by atoms with Crippen LogP contribution in [-0.2, 0) is 0 Å². The van der Waals surface area contributed by atoms with E-state index in [-0.39, 0.29) is 0 Å². The molecule has 4 nitrogen and oxygen atoms in total. The molecule has 0 atom stereocenters. The summed E-state index contributed by atoms with van der Waals surface area (Å²) in [7, 11) is 0. The predicted octanol–water partition coefficient (Wildman–Crippen LogP) is 3.21. The average molecular weight is 264 g/mol. The molecule has 0 saturated heterocycles. The molecule has 2 heterocycles. The standard InChI is InChI=1S/C13H20N4S/c1-4-6-7-17(5-2)11-10-8-9(3)18-12(10)16-13(14)15-11/h8H,4-7H2,1-3H3,(H2,14,15,16). The van der Waals surface area contributed by atoms with Crippen LogP contribution in [0.3, 0.4) is 0 Å². The van der Waals surface area contributed by atoms with Crippen molar-refractivity contribution in [1.29, 1.82) is 0 Å². The minimum Gasteiger partial charge on any atom is -0.368 e. The van der Waals surface area contributed by atoms with Crippen LogP contribution in [0.25, 0.3) is 10.2 Å². The maximum absolute atomic E-state index is 5.81. The third-order valence-electron chi connectivity index (χ3n) is 2.98. The number of nitrogens with two attached hydrogens (primary N) is 1. The zero-order valence-electron chi connectivity index (χ0n) is 11.2. The van der Waals surface area contributed by atoms with Crippen LogP contribution in [0, 0.1) is 6.92 Å². The average Bonchev–Trinajstić information content (AvgIpc) is 2.70. The van der Waals surface area contributed by atoms with Crippen LogP contribution < -0.4 is 10.6 Å². The second kappa shape index (κ2) is 5.52. The fourth-order valence-electron chi connectivity index (χ4n) is 2.05. The Morgan fingerprint density at radius 2 is 2.11 bits per heavy atom. The molecule has 0 spiro atoms. The van der Waals surface area contributed by atoms with E-state index in [0.29, 0.717) is 5.95 Å². The molecule has 0 aliphatic heterocycles. The number of nitrogen functional groups attached to an aromatic ring is 1. The highest BCUT2D eigenvalue weighted by Gasteiger charge is 2.14. The summed E-state index contributed by atoms with van der Waals surface area (Å²) >= 11 is 1.67. The summed E-state index contributed by atoms with van der Waals surface area (Å²) < 4.78 is 0. The van der Waals surface area contributed by atoms with Gasteiger partial charge in [-0.1, -0.05) is 13.3 Å². The van der Waals surface area contributed by atoms with Crippen molar-refractivity contribution in [2.24, 2.45) is 0 Å². The first kappa shape index (κ1) is 13.1. The lowest BCUT2D eigenvalue weighted by Gasteiger charge is -2.22. The SMILES string of the molecule is CCCCN(CC)c1nc(N)nc2sc(C)cc12. The molecule has 0 radical (unpaired) electrons. The van der Waals surface area contributed by atoms with Crippen molar-refractivity contribution in [3.05, 3.63) is 10.9 Å². The van der Waals surface area contributed by atoms with Gasteiger partial charge in [-0.2, -0.15) is 4.98 Å². The third-order valence-corrected chi connectivity index (χ3v) is 3.92. The molecule has 0 aromatic carbocycles. The van der Waals surface area contributed by atoms with Crippen molar-refractivity contribution in [1.82, 2.24) is 9.97 Å². The molecule has 98 valence electrons. The number of nitrogens with zero attached hydrogens (tertiary/aromatic N) is 3. The Balaban J connectivity index is 2.46. The molecule has 5 heteroatoms. The van der Waals surface area contributed by atoms with Gasteiger partial charge in [0.15, 0.2) is 0 Å². The van der Waals surface area contributed by atoms with Crippen LogP contribution in [-0.4, -0.2) is 23.1 Å². The fraction of sp³-hybridized carbons (Fsp3) is 0.538. The minimum atomic E-state index is 0.370. The lowest BCUT2D eigenvalue weighted by Crippen LogP contribution is -2.25. The molecule has 2 N–H and O–H groups in total. The largest absolute Gasteiger partial charge is 0.368 e. The lowest BCUT2D eigenvalue weighted by atomic mass is 10.2. The Hall–Kier alpha value is -1.36. The van der Waals surface area contributed by atoms with Gasteiger partial charge in [-0.05, 0) is 26.3 Å². The summed E-state index contributed by atoms with van der Waals surface area (Å²) in [4.78, 5) is 13.3. The molecule has 2 rings (SSSR count). The number of anilines is 2. The summed E-state index contributed by atoms with van der Waals surface area (Å²) in [5, 5.41) is 1.13.